The van der Waals surface area contributed by atoms with E-state index in [1.165, 1.54) is 17.7 Å². The van der Waals surface area contributed by atoms with Gasteiger partial charge in [-0.3, -0.25) is 9.93 Å². The third-order valence-corrected chi connectivity index (χ3v) is 7.65. The van der Waals surface area contributed by atoms with E-state index in [2.05, 4.69) is 18.1 Å². The molecule has 6 atom stereocenters. The number of nitrogens with zero attached hydrogens (tertiary/aromatic N) is 2. The summed E-state index contributed by atoms with van der Waals surface area (Å²) in [6, 6.07) is 0. The van der Waals surface area contributed by atoms with Gasteiger partial charge in [0, 0.05) is 11.8 Å². The minimum atomic E-state index is -5.71. The maximum atomic E-state index is 11.8. The van der Waals surface area contributed by atoms with Gasteiger partial charge < -0.3 is 44.2 Å². The number of ether oxygens (including phenoxy) is 1. The second-order valence-electron chi connectivity index (χ2n) is 6.16. The van der Waals surface area contributed by atoms with Crippen LogP contribution in [-0.4, -0.2) is 69.4 Å². The van der Waals surface area contributed by atoms with Crippen molar-refractivity contribution in [1.82, 2.24) is 9.55 Å². The van der Waals surface area contributed by atoms with Crippen molar-refractivity contribution in [2.75, 3.05) is 6.61 Å². The summed E-state index contributed by atoms with van der Waals surface area (Å²) in [5.74, 6) is 0.159. The van der Waals surface area contributed by atoms with Crippen molar-refractivity contribution in [1.29, 1.82) is 5.41 Å². The molecule has 6 unspecified atom stereocenters. The molecule has 178 valence electrons. The molecule has 31 heavy (non-hydrogen) atoms. The zero-order valence-electron chi connectivity index (χ0n) is 15.5. The van der Waals surface area contributed by atoms with Crippen LogP contribution in [0.5, 0.6) is 0 Å². The largest absolute Gasteiger partial charge is 0.490 e. The summed E-state index contributed by atoms with van der Waals surface area (Å²) in [6.45, 7) is -0.0805. The van der Waals surface area contributed by atoms with Gasteiger partial charge in [-0.05, 0) is 6.92 Å². The fourth-order valence-corrected chi connectivity index (χ4v) is 5.58. The molecule has 0 spiro atoms. The van der Waals surface area contributed by atoms with E-state index >= 15 is 0 Å². The van der Waals surface area contributed by atoms with Crippen LogP contribution < -0.4 is 5.49 Å². The Hall–Kier alpha value is -0.870. The first kappa shape index (κ1) is 26.4. The number of nitrogens with one attached hydrogen (secondary N) is 1. The normalized spacial score (nSPS) is 28.3. The molecule has 17 nitrogen and oxygen atoms in total. The molecule has 0 aromatic carbocycles. The molecule has 8 N–H and O–H groups in total. The van der Waals surface area contributed by atoms with Crippen LogP contribution in [0.2, 0.25) is 0 Å². The second kappa shape index (κ2) is 9.55. The molecule has 0 amide bonds. The Kier molecular flexibility index (Phi) is 8.13. The van der Waals surface area contributed by atoms with Crippen molar-refractivity contribution < 1.29 is 66.5 Å². The molecule has 20 heteroatoms. The van der Waals surface area contributed by atoms with Gasteiger partial charge in [-0.15, -0.1) is 0 Å². The molecule has 0 radical (unpaired) electrons. The van der Waals surface area contributed by atoms with E-state index in [0.29, 0.717) is 0 Å². The number of aliphatic hydroxyl groups excluding tert-OH is 3. The average Bonchev–Trinajstić information content (AvgIpc) is 2.85. The highest BCUT2D eigenvalue weighted by Crippen LogP contribution is 2.66. The van der Waals surface area contributed by atoms with E-state index in [-0.39, 0.29) is 16.9 Å². The number of hydrogen-bond donors (Lipinski definition) is 8. The van der Waals surface area contributed by atoms with Gasteiger partial charge in [-0.1, -0.05) is 0 Å². The maximum absolute atomic E-state index is 11.8. The van der Waals surface area contributed by atoms with Crippen LogP contribution in [0.1, 0.15) is 17.6 Å². The number of aliphatic hydroxyl groups is 3. The number of aryl methyl sites for hydroxylation is 1. The highest BCUT2D eigenvalue weighted by Gasteiger charge is 2.46. The lowest BCUT2D eigenvalue weighted by atomic mass is 10.1. The Balaban J connectivity index is 2.11. The average molecular weight is 511 g/mol. The Morgan fingerprint density at radius 1 is 1.13 bits per heavy atom. The molecule has 2 heterocycles. The monoisotopic (exact) mass is 511 g/mol. The van der Waals surface area contributed by atoms with E-state index in [0.717, 1.165) is 0 Å². The first-order valence-corrected chi connectivity index (χ1v) is 12.6. The minimum absolute atomic E-state index is 0.0765. The van der Waals surface area contributed by atoms with Gasteiger partial charge >= 0.3 is 23.5 Å². The molecule has 1 saturated heterocycles. The van der Waals surface area contributed by atoms with E-state index in [1.807, 2.05) is 0 Å². The van der Waals surface area contributed by atoms with Crippen LogP contribution in [0.25, 0.3) is 0 Å². The molecule has 0 aliphatic carbocycles. The number of phosphoric acid groups is 3. The summed E-state index contributed by atoms with van der Waals surface area (Å²) >= 11 is 0. The predicted molar refractivity (Wildman–Crippen MR) is 94.5 cm³/mol. The highest BCUT2D eigenvalue weighted by molar-refractivity contribution is 7.66. The summed E-state index contributed by atoms with van der Waals surface area (Å²) in [5, 5.41) is 37.3. The lowest BCUT2D eigenvalue weighted by Crippen LogP contribution is -2.34. The second-order valence-corrected chi connectivity index (χ2v) is 10.6. The summed E-state index contributed by atoms with van der Waals surface area (Å²) in [4.78, 5) is 39.4. The fraction of sp³-hybridized carbons (Fsp3) is 0.636. The topological polar surface area (TPSA) is 271 Å². The third kappa shape index (κ3) is 7.05. The van der Waals surface area contributed by atoms with E-state index in [4.69, 9.17) is 24.8 Å². The van der Waals surface area contributed by atoms with Crippen molar-refractivity contribution in [2.24, 2.45) is 0 Å². The van der Waals surface area contributed by atoms with Crippen LogP contribution in [-0.2, 0) is 38.2 Å². The van der Waals surface area contributed by atoms with Crippen LogP contribution in [0.15, 0.2) is 6.20 Å². The van der Waals surface area contributed by atoms with Crippen molar-refractivity contribution in [3.05, 3.63) is 23.1 Å². The Labute approximate surface area is 173 Å². The first-order valence-electron chi connectivity index (χ1n) is 8.09. The smallest absolute Gasteiger partial charge is 0.391 e. The molecule has 1 fully saturated rings. The van der Waals surface area contributed by atoms with Gasteiger partial charge in [-0.2, -0.15) is 8.62 Å². The van der Waals surface area contributed by atoms with Crippen molar-refractivity contribution in [3.8, 4) is 0 Å². The lowest BCUT2D eigenvalue weighted by molar-refractivity contribution is -0.0538. The molecule has 1 aliphatic heterocycles. The van der Waals surface area contributed by atoms with Crippen LogP contribution >= 0.6 is 23.5 Å². The lowest BCUT2D eigenvalue weighted by Gasteiger charge is -2.21. The molecule has 0 saturated carbocycles. The molecule has 2 rings (SSSR count). The van der Waals surface area contributed by atoms with Gasteiger partial charge in [-0.25, -0.2) is 18.7 Å². The van der Waals surface area contributed by atoms with Gasteiger partial charge in [0.15, 0.2) is 11.7 Å². The molecule has 0 bridgehead atoms. The quantitative estimate of drug-likeness (QED) is 0.169. The zero-order chi connectivity index (χ0) is 23.8. The number of aromatic nitrogens is 2. The Bertz CT molecular complexity index is 1010. The number of phosphoric ester groups is 1. The fourth-order valence-electron chi connectivity index (χ4n) is 2.55. The Morgan fingerprint density at radius 3 is 2.29 bits per heavy atom. The van der Waals surface area contributed by atoms with Crippen LogP contribution in [0.3, 0.4) is 0 Å². The summed E-state index contributed by atoms with van der Waals surface area (Å²) in [6.07, 6.45) is -4.87. The highest BCUT2D eigenvalue weighted by atomic mass is 31.3. The number of rotatable bonds is 9. The molecule has 1 aromatic rings. The number of hydrogen-bond acceptors (Lipinski definition) is 12. The van der Waals surface area contributed by atoms with Crippen molar-refractivity contribution in [3.63, 3.8) is 0 Å². The SMILES string of the molecule is Cc1nc(=N)c(CO)cn1C1OC(COP(=O)(O)OP(=O)(O)OP(=O)(O)O)C(O)C1O. The van der Waals surface area contributed by atoms with Gasteiger partial charge in [0.1, 0.15) is 24.1 Å². The summed E-state index contributed by atoms with van der Waals surface area (Å²) in [7, 11) is -16.7. The van der Waals surface area contributed by atoms with E-state index in [9.17, 15) is 33.9 Å². The Morgan fingerprint density at radius 2 is 1.74 bits per heavy atom. The van der Waals surface area contributed by atoms with Gasteiger partial charge in [0.05, 0.1) is 13.2 Å². The first-order chi connectivity index (χ1) is 14.1. The molecule has 1 aliphatic rings. The van der Waals surface area contributed by atoms with Gasteiger partial charge in [0.25, 0.3) is 0 Å². The summed E-state index contributed by atoms with van der Waals surface area (Å²) in [5.41, 5.74) is -0.152. The van der Waals surface area contributed by atoms with Crippen molar-refractivity contribution >= 4 is 23.5 Å². The predicted octanol–water partition coefficient (Wildman–Crippen LogP) is -1.87. The van der Waals surface area contributed by atoms with Gasteiger partial charge in [0.2, 0.25) is 0 Å². The molecular weight excluding hydrogens is 491 g/mol. The maximum Gasteiger partial charge on any atom is 0.490 e. The molecular formula is C11H20N3O14P3. The standard InChI is InChI=1S/C11H20N3O14P3/c1-5-13-10(12)6(3-15)2-14(5)11-9(17)8(16)7(26-11)4-25-30(21,22)28-31(23,24)27-29(18,19)20/h2,7-9,11-12,15-17H,3-4H2,1H3,(H,21,22)(H,23,24)(H2,18,19,20). The van der Waals surface area contributed by atoms with Crippen LogP contribution in [0, 0.1) is 12.3 Å². The zero-order valence-corrected chi connectivity index (χ0v) is 18.2. The van der Waals surface area contributed by atoms with Crippen molar-refractivity contribution in [2.45, 2.75) is 38.1 Å². The minimum Gasteiger partial charge on any atom is -0.391 e. The molecule has 1 aromatic heterocycles. The van der Waals surface area contributed by atoms with E-state index < -0.39 is 61.2 Å². The third-order valence-electron chi connectivity index (χ3n) is 3.85. The summed E-state index contributed by atoms with van der Waals surface area (Å²) < 4.78 is 51.8. The van der Waals surface area contributed by atoms with Crippen LogP contribution in [0.4, 0.5) is 0 Å². The van der Waals surface area contributed by atoms with E-state index in [1.54, 1.807) is 0 Å².